The van der Waals surface area contributed by atoms with Gasteiger partial charge in [-0.15, -0.1) is 0 Å². The molecule has 0 aliphatic carbocycles. The standard InChI is InChI=1S/C28H36F2N8O3/c1-9-23(39)33-18-13-19(22(41-8)14-21(18)38(7)11-10-37(5)6)34-26-31-15-32-27(36-26)35-20-12-17(29)16(2)25(30)24(20)28(3,4)40/h9,12-15,40H,1,10-11H2,2-8H3,(H,33,39)(H2,31,32,34,35,36). The number of benzene rings is 2. The topological polar surface area (TPSA) is 128 Å². The zero-order valence-corrected chi connectivity index (χ0v) is 24.3. The molecule has 3 aromatic rings. The lowest BCUT2D eigenvalue weighted by Crippen LogP contribution is -2.29. The highest BCUT2D eigenvalue weighted by molar-refractivity contribution is 6.02. The van der Waals surface area contributed by atoms with E-state index in [0.717, 1.165) is 12.6 Å². The van der Waals surface area contributed by atoms with Crippen LogP contribution in [0.5, 0.6) is 5.75 Å². The molecule has 0 atom stereocenters. The minimum Gasteiger partial charge on any atom is -0.494 e. The third-order valence-electron chi connectivity index (χ3n) is 6.18. The molecule has 3 rings (SSSR count). The minimum atomic E-state index is -1.62. The first-order valence-corrected chi connectivity index (χ1v) is 12.7. The van der Waals surface area contributed by atoms with Crippen molar-refractivity contribution in [3.05, 3.63) is 59.9 Å². The number of methoxy groups -OCH3 is 1. The number of rotatable bonds is 12. The number of carbonyl (C=O) groups excluding carboxylic acids is 1. The van der Waals surface area contributed by atoms with Crippen LogP contribution in [0.3, 0.4) is 0 Å². The van der Waals surface area contributed by atoms with Gasteiger partial charge in [-0.2, -0.15) is 4.98 Å². The predicted octanol–water partition coefficient (Wildman–Crippen LogP) is 4.30. The van der Waals surface area contributed by atoms with Crippen molar-refractivity contribution in [3.63, 3.8) is 0 Å². The molecular formula is C28H36F2N8O3. The Balaban J connectivity index is 1.99. The van der Waals surface area contributed by atoms with Crippen LogP contribution in [-0.2, 0) is 10.4 Å². The first-order valence-electron chi connectivity index (χ1n) is 12.7. The highest BCUT2D eigenvalue weighted by Gasteiger charge is 2.28. The van der Waals surface area contributed by atoms with Crippen LogP contribution in [0.1, 0.15) is 25.0 Å². The Morgan fingerprint density at radius 3 is 2.27 bits per heavy atom. The normalized spacial score (nSPS) is 11.3. The van der Waals surface area contributed by atoms with E-state index in [4.69, 9.17) is 4.74 Å². The molecule has 0 radical (unpaired) electrons. The number of likely N-dealkylation sites (N-methyl/N-ethyl adjacent to an activating group) is 2. The maximum absolute atomic E-state index is 14.9. The summed E-state index contributed by atoms with van der Waals surface area (Å²) in [5, 5.41) is 19.2. The second kappa shape index (κ2) is 12.9. The molecule has 11 nitrogen and oxygen atoms in total. The summed E-state index contributed by atoms with van der Waals surface area (Å²) in [6.07, 6.45) is 2.38. The third-order valence-corrected chi connectivity index (χ3v) is 6.18. The number of hydrogen-bond donors (Lipinski definition) is 4. The SMILES string of the molecule is C=CC(=O)Nc1cc(Nc2ncnc(Nc3cc(F)c(C)c(F)c3C(C)(C)O)n2)c(OC)cc1N(C)CCN(C)C. The van der Waals surface area contributed by atoms with E-state index in [1.165, 1.54) is 40.3 Å². The average Bonchev–Trinajstić information content (AvgIpc) is 2.90. The molecule has 0 saturated carbocycles. The Bertz CT molecular complexity index is 1430. The van der Waals surface area contributed by atoms with Crippen molar-refractivity contribution in [1.29, 1.82) is 0 Å². The van der Waals surface area contributed by atoms with Gasteiger partial charge in [0.15, 0.2) is 0 Å². The van der Waals surface area contributed by atoms with Gasteiger partial charge in [-0.25, -0.2) is 18.7 Å². The van der Waals surface area contributed by atoms with E-state index in [1.54, 1.807) is 12.1 Å². The van der Waals surface area contributed by atoms with Gasteiger partial charge in [0.1, 0.15) is 23.7 Å². The molecule has 4 N–H and O–H groups in total. The molecule has 0 bridgehead atoms. The predicted molar refractivity (Wildman–Crippen MR) is 156 cm³/mol. The van der Waals surface area contributed by atoms with Crippen molar-refractivity contribution in [3.8, 4) is 5.75 Å². The highest BCUT2D eigenvalue weighted by atomic mass is 19.1. The maximum Gasteiger partial charge on any atom is 0.247 e. The van der Waals surface area contributed by atoms with Gasteiger partial charge in [0.2, 0.25) is 17.8 Å². The number of halogens is 2. The van der Waals surface area contributed by atoms with Crippen LogP contribution in [0.4, 0.5) is 43.4 Å². The van der Waals surface area contributed by atoms with Gasteiger partial charge >= 0.3 is 0 Å². The fraction of sp³-hybridized carbons (Fsp3) is 0.357. The first-order chi connectivity index (χ1) is 19.2. The van der Waals surface area contributed by atoms with E-state index in [2.05, 4.69) is 37.5 Å². The van der Waals surface area contributed by atoms with Crippen molar-refractivity contribution < 1.29 is 23.4 Å². The Kier molecular flexibility index (Phi) is 9.79. The van der Waals surface area contributed by atoms with Gasteiger partial charge in [-0.3, -0.25) is 4.79 Å². The highest BCUT2D eigenvalue weighted by Crippen LogP contribution is 2.38. The van der Waals surface area contributed by atoms with Gasteiger partial charge in [-0.1, -0.05) is 6.58 Å². The van der Waals surface area contributed by atoms with Gasteiger partial charge in [0.05, 0.1) is 35.5 Å². The van der Waals surface area contributed by atoms with Crippen LogP contribution in [0.25, 0.3) is 0 Å². The molecule has 0 spiro atoms. The number of anilines is 6. The molecule has 1 aromatic heterocycles. The van der Waals surface area contributed by atoms with E-state index in [-0.39, 0.29) is 28.7 Å². The fourth-order valence-corrected chi connectivity index (χ4v) is 3.98. The Morgan fingerprint density at radius 1 is 1.07 bits per heavy atom. The van der Waals surface area contributed by atoms with E-state index in [0.29, 0.717) is 29.4 Å². The second-order valence-corrected chi connectivity index (χ2v) is 10.1. The summed E-state index contributed by atoms with van der Waals surface area (Å²) in [7, 11) is 7.34. The zero-order chi connectivity index (χ0) is 30.5. The van der Waals surface area contributed by atoms with Crippen LogP contribution in [0, 0.1) is 18.6 Å². The minimum absolute atomic E-state index is 0.0326. The van der Waals surface area contributed by atoms with Crippen molar-refractivity contribution >= 4 is 40.6 Å². The molecule has 1 heterocycles. The van der Waals surface area contributed by atoms with Crippen molar-refractivity contribution in [2.45, 2.75) is 26.4 Å². The van der Waals surface area contributed by atoms with Crippen LogP contribution in [0.15, 0.2) is 37.2 Å². The number of ether oxygens (including phenoxy) is 1. The molecule has 220 valence electrons. The number of nitrogens with zero attached hydrogens (tertiary/aromatic N) is 5. The van der Waals surface area contributed by atoms with Crippen LogP contribution >= 0.6 is 0 Å². The lowest BCUT2D eigenvalue weighted by molar-refractivity contribution is -0.111. The summed E-state index contributed by atoms with van der Waals surface area (Å²) in [6, 6.07) is 4.52. The average molecular weight is 571 g/mol. The summed E-state index contributed by atoms with van der Waals surface area (Å²) in [5.41, 5.74) is -0.374. The summed E-state index contributed by atoms with van der Waals surface area (Å²) in [4.78, 5) is 28.7. The van der Waals surface area contributed by atoms with E-state index < -0.39 is 23.1 Å². The van der Waals surface area contributed by atoms with Crippen molar-refractivity contribution in [1.82, 2.24) is 19.9 Å². The monoisotopic (exact) mass is 570 g/mol. The molecular weight excluding hydrogens is 534 g/mol. The van der Waals surface area contributed by atoms with Crippen molar-refractivity contribution in [2.75, 3.05) is 62.2 Å². The lowest BCUT2D eigenvalue weighted by atomic mass is 9.93. The summed E-state index contributed by atoms with van der Waals surface area (Å²) >= 11 is 0. The molecule has 0 fully saturated rings. The zero-order valence-electron chi connectivity index (χ0n) is 24.3. The second-order valence-electron chi connectivity index (χ2n) is 10.1. The number of amides is 1. The molecule has 41 heavy (non-hydrogen) atoms. The lowest BCUT2D eigenvalue weighted by Gasteiger charge is -2.26. The smallest absolute Gasteiger partial charge is 0.247 e. The molecule has 0 aliphatic rings. The number of carbonyl (C=O) groups is 1. The first kappa shape index (κ1) is 31.2. The Hall–Kier alpha value is -4.36. The van der Waals surface area contributed by atoms with E-state index in [9.17, 15) is 18.7 Å². The van der Waals surface area contributed by atoms with Crippen LogP contribution in [0.2, 0.25) is 0 Å². The van der Waals surface area contributed by atoms with Gasteiger partial charge in [0, 0.05) is 37.3 Å². The quantitative estimate of drug-likeness (QED) is 0.234. The number of hydrogen-bond acceptors (Lipinski definition) is 10. The molecule has 13 heteroatoms. The number of aliphatic hydroxyl groups is 1. The maximum atomic E-state index is 14.9. The Labute approximate surface area is 238 Å². The van der Waals surface area contributed by atoms with E-state index in [1.807, 2.05) is 30.9 Å². The molecule has 1 amide bonds. The van der Waals surface area contributed by atoms with Crippen LogP contribution in [-0.4, -0.2) is 72.2 Å². The van der Waals surface area contributed by atoms with Crippen molar-refractivity contribution in [2.24, 2.45) is 0 Å². The number of aromatic nitrogens is 3. The van der Waals surface area contributed by atoms with Gasteiger partial charge < -0.3 is 35.6 Å². The number of nitrogens with one attached hydrogen (secondary N) is 3. The molecule has 0 saturated heterocycles. The summed E-state index contributed by atoms with van der Waals surface area (Å²) in [6.45, 7) is 9.06. The third kappa shape index (κ3) is 7.64. The van der Waals surface area contributed by atoms with Crippen LogP contribution < -0.4 is 25.6 Å². The van der Waals surface area contributed by atoms with Gasteiger partial charge in [0.25, 0.3) is 0 Å². The summed E-state index contributed by atoms with van der Waals surface area (Å²) < 4.78 is 35.0. The van der Waals surface area contributed by atoms with Gasteiger partial charge in [-0.05, 0) is 53.1 Å². The molecule has 2 aromatic carbocycles. The molecule has 0 unspecified atom stereocenters. The summed E-state index contributed by atoms with van der Waals surface area (Å²) in [5.74, 6) is -1.57. The van der Waals surface area contributed by atoms with E-state index >= 15 is 0 Å². The largest absolute Gasteiger partial charge is 0.494 e. The fourth-order valence-electron chi connectivity index (χ4n) is 3.98. The molecule has 0 aliphatic heterocycles. The Morgan fingerprint density at radius 2 is 1.71 bits per heavy atom.